The van der Waals surface area contributed by atoms with Crippen LogP contribution in [0.4, 0.5) is 0 Å². The molecular formula is C14H17N3O3S. The predicted molar refractivity (Wildman–Crippen MR) is 78.4 cm³/mol. The first-order valence-electron chi connectivity index (χ1n) is 6.98. The number of nitrogens with zero attached hydrogens (tertiary/aromatic N) is 1. The van der Waals surface area contributed by atoms with Crippen molar-refractivity contribution in [2.45, 2.75) is 24.3 Å². The fraction of sp³-hybridized carbons (Fsp3) is 0.500. The van der Waals surface area contributed by atoms with Crippen molar-refractivity contribution < 1.29 is 14.3 Å². The summed E-state index contributed by atoms with van der Waals surface area (Å²) in [4.78, 5) is 28.6. The molecule has 0 bridgehead atoms. The molecule has 21 heavy (non-hydrogen) atoms. The van der Waals surface area contributed by atoms with Gasteiger partial charge in [0, 0.05) is 18.8 Å². The summed E-state index contributed by atoms with van der Waals surface area (Å²) in [5.41, 5.74) is 0.896. The smallest absolute Gasteiger partial charge is 0.317 e. The zero-order chi connectivity index (χ0) is 14.8. The van der Waals surface area contributed by atoms with Crippen LogP contribution in [0.5, 0.6) is 0 Å². The number of carbonyl (C=O) groups is 2. The molecule has 4 unspecified atom stereocenters. The molecule has 0 amide bonds. The van der Waals surface area contributed by atoms with E-state index in [9.17, 15) is 9.59 Å². The summed E-state index contributed by atoms with van der Waals surface area (Å²) in [6.45, 7) is 2.35. The van der Waals surface area contributed by atoms with Gasteiger partial charge in [-0.1, -0.05) is 18.0 Å². The third-order valence-corrected chi connectivity index (χ3v) is 4.94. The number of fused-ring (bicyclic) bond motifs is 1. The van der Waals surface area contributed by atoms with Gasteiger partial charge in [-0.05, 0) is 19.1 Å². The molecule has 3 heterocycles. The Morgan fingerprint density at radius 2 is 2.38 bits per heavy atom. The van der Waals surface area contributed by atoms with Gasteiger partial charge in [0.1, 0.15) is 5.92 Å². The Morgan fingerprint density at radius 3 is 3.10 bits per heavy atom. The summed E-state index contributed by atoms with van der Waals surface area (Å²) in [5.74, 6) is -1.20. The molecule has 2 saturated heterocycles. The van der Waals surface area contributed by atoms with Gasteiger partial charge < -0.3 is 10.1 Å². The van der Waals surface area contributed by atoms with Crippen LogP contribution in [0.3, 0.4) is 0 Å². The Hall–Kier alpha value is -1.44. The second kappa shape index (κ2) is 6.13. The number of carbonyl (C=O) groups excluding carboxylic acids is 2. The van der Waals surface area contributed by atoms with E-state index in [1.807, 2.05) is 18.2 Å². The number of hydrogen-bond acceptors (Lipinski definition) is 7. The topological polar surface area (TPSA) is 80.3 Å². The minimum absolute atomic E-state index is 0.0340. The maximum atomic E-state index is 12.5. The van der Waals surface area contributed by atoms with Gasteiger partial charge in [-0.25, -0.2) is 0 Å². The number of ether oxygens (including phenoxy) is 1. The fourth-order valence-corrected chi connectivity index (χ4v) is 3.97. The van der Waals surface area contributed by atoms with Crippen LogP contribution in [0.1, 0.15) is 18.7 Å². The lowest BCUT2D eigenvalue weighted by Crippen LogP contribution is -2.55. The van der Waals surface area contributed by atoms with Crippen LogP contribution in [0.25, 0.3) is 0 Å². The van der Waals surface area contributed by atoms with Crippen molar-refractivity contribution in [2.75, 3.05) is 13.2 Å². The minimum atomic E-state index is -0.706. The SMILES string of the molecule is CCOC(=O)C1CNC2C(SNC2c2ccccn2)C1=O. The Balaban J connectivity index is 1.75. The zero-order valence-corrected chi connectivity index (χ0v) is 12.4. The molecule has 1 aromatic heterocycles. The maximum Gasteiger partial charge on any atom is 0.317 e. The molecule has 2 aliphatic rings. The molecule has 0 spiro atoms. The quantitative estimate of drug-likeness (QED) is 0.477. The van der Waals surface area contributed by atoms with Crippen LogP contribution in [0, 0.1) is 5.92 Å². The lowest BCUT2D eigenvalue weighted by molar-refractivity contribution is -0.152. The standard InChI is InChI=1S/C14H17N3O3S/c1-2-20-14(19)8-7-16-11-10(9-5-3-4-6-15-9)17-21-13(11)12(8)18/h3-6,8,10-11,13,16-17H,2,7H2,1H3. The molecular weight excluding hydrogens is 290 g/mol. The van der Waals surface area contributed by atoms with E-state index in [1.165, 1.54) is 11.9 Å². The van der Waals surface area contributed by atoms with E-state index in [-0.39, 0.29) is 23.1 Å². The van der Waals surface area contributed by atoms with Gasteiger partial charge in [-0.15, -0.1) is 0 Å². The highest BCUT2D eigenvalue weighted by Crippen LogP contribution is 2.36. The number of Topliss-reactive ketones (excluding diaryl/α,β-unsaturated/α-hetero) is 1. The molecule has 0 saturated carbocycles. The van der Waals surface area contributed by atoms with Crippen LogP contribution in [0.15, 0.2) is 24.4 Å². The van der Waals surface area contributed by atoms with Crippen LogP contribution in [0.2, 0.25) is 0 Å². The Labute approximate surface area is 127 Å². The largest absolute Gasteiger partial charge is 0.465 e. The van der Waals surface area contributed by atoms with Crippen molar-refractivity contribution in [1.29, 1.82) is 0 Å². The number of hydrogen-bond donors (Lipinski definition) is 2. The molecule has 2 N–H and O–H groups in total. The van der Waals surface area contributed by atoms with Crippen molar-refractivity contribution in [3.05, 3.63) is 30.1 Å². The van der Waals surface area contributed by atoms with Gasteiger partial charge in [-0.3, -0.25) is 19.3 Å². The number of nitrogens with one attached hydrogen (secondary N) is 2. The highest BCUT2D eigenvalue weighted by atomic mass is 32.2. The first-order chi connectivity index (χ1) is 10.2. The number of esters is 1. The number of ketones is 1. The summed E-state index contributed by atoms with van der Waals surface area (Å²) in [5, 5.41) is 3.01. The average Bonchev–Trinajstić information content (AvgIpc) is 2.93. The molecule has 0 radical (unpaired) electrons. The summed E-state index contributed by atoms with van der Waals surface area (Å²) in [6.07, 6.45) is 1.74. The summed E-state index contributed by atoms with van der Waals surface area (Å²) in [7, 11) is 0. The van der Waals surface area contributed by atoms with Gasteiger partial charge in [0.25, 0.3) is 0 Å². The lowest BCUT2D eigenvalue weighted by Gasteiger charge is -2.31. The van der Waals surface area contributed by atoms with E-state index in [1.54, 1.807) is 13.1 Å². The highest BCUT2D eigenvalue weighted by molar-refractivity contribution is 7.99. The summed E-state index contributed by atoms with van der Waals surface area (Å²) < 4.78 is 8.23. The summed E-state index contributed by atoms with van der Waals surface area (Å²) in [6, 6.07) is 5.63. The molecule has 2 aliphatic heterocycles. The van der Waals surface area contributed by atoms with E-state index in [4.69, 9.17) is 4.74 Å². The molecule has 1 aromatic rings. The van der Waals surface area contributed by atoms with Crippen LogP contribution in [-0.4, -0.2) is 41.2 Å². The number of piperidine rings is 1. The Bertz CT molecular complexity index is 540. The van der Waals surface area contributed by atoms with Crippen molar-refractivity contribution in [3.63, 3.8) is 0 Å². The van der Waals surface area contributed by atoms with Crippen molar-refractivity contribution >= 4 is 23.7 Å². The van der Waals surface area contributed by atoms with Gasteiger partial charge in [0.15, 0.2) is 5.78 Å². The normalized spacial score (nSPS) is 31.8. The van der Waals surface area contributed by atoms with Crippen molar-refractivity contribution in [3.8, 4) is 0 Å². The predicted octanol–water partition coefficient (Wildman–Crippen LogP) is 0.463. The van der Waals surface area contributed by atoms with Gasteiger partial charge >= 0.3 is 5.97 Å². The molecule has 4 atom stereocenters. The van der Waals surface area contributed by atoms with E-state index in [0.717, 1.165) is 5.69 Å². The van der Waals surface area contributed by atoms with Crippen LogP contribution < -0.4 is 10.0 Å². The number of pyridine rings is 1. The zero-order valence-electron chi connectivity index (χ0n) is 11.6. The highest BCUT2D eigenvalue weighted by Gasteiger charge is 2.49. The van der Waals surface area contributed by atoms with Crippen LogP contribution in [-0.2, 0) is 14.3 Å². The maximum absolute atomic E-state index is 12.5. The number of aromatic nitrogens is 1. The molecule has 112 valence electrons. The van der Waals surface area contributed by atoms with Gasteiger partial charge in [0.2, 0.25) is 0 Å². The van der Waals surface area contributed by atoms with Gasteiger partial charge in [-0.2, -0.15) is 0 Å². The van der Waals surface area contributed by atoms with Crippen molar-refractivity contribution in [2.24, 2.45) is 5.92 Å². The monoisotopic (exact) mass is 307 g/mol. The first-order valence-corrected chi connectivity index (χ1v) is 7.86. The lowest BCUT2D eigenvalue weighted by atomic mass is 9.88. The Kier molecular flexibility index (Phi) is 4.23. The minimum Gasteiger partial charge on any atom is -0.465 e. The molecule has 2 fully saturated rings. The van der Waals surface area contributed by atoms with Crippen LogP contribution >= 0.6 is 11.9 Å². The molecule has 6 nitrogen and oxygen atoms in total. The fourth-order valence-electron chi connectivity index (χ4n) is 2.73. The number of rotatable bonds is 3. The third-order valence-electron chi connectivity index (χ3n) is 3.77. The second-order valence-electron chi connectivity index (χ2n) is 5.03. The first kappa shape index (κ1) is 14.5. The third kappa shape index (κ3) is 2.68. The molecule has 3 rings (SSSR count). The Morgan fingerprint density at radius 1 is 1.52 bits per heavy atom. The van der Waals surface area contributed by atoms with Crippen molar-refractivity contribution in [1.82, 2.24) is 15.0 Å². The van der Waals surface area contributed by atoms with E-state index >= 15 is 0 Å². The molecule has 0 aliphatic carbocycles. The van der Waals surface area contributed by atoms with E-state index in [2.05, 4.69) is 15.0 Å². The molecule has 7 heteroatoms. The second-order valence-corrected chi connectivity index (χ2v) is 6.01. The van der Waals surface area contributed by atoms with Gasteiger partial charge in [0.05, 0.1) is 23.6 Å². The average molecular weight is 307 g/mol. The van der Waals surface area contributed by atoms with E-state index in [0.29, 0.717) is 13.2 Å². The summed E-state index contributed by atoms with van der Waals surface area (Å²) >= 11 is 1.37. The van der Waals surface area contributed by atoms with E-state index < -0.39 is 11.9 Å². The molecule has 0 aromatic carbocycles.